The quantitative estimate of drug-likeness (QED) is 0.165. The summed E-state index contributed by atoms with van der Waals surface area (Å²) in [5, 5.41) is 10.3. The lowest BCUT2D eigenvalue weighted by Gasteiger charge is -2.19. The molecule has 0 bridgehead atoms. The summed E-state index contributed by atoms with van der Waals surface area (Å²) in [7, 11) is 0. The molecule has 0 aliphatic carbocycles. The number of hydrogen-bond donors (Lipinski definition) is 0. The van der Waals surface area contributed by atoms with Crippen molar-refractivity contribution in [3.05, 3.63) is 204 Å². The molecule has 0 radical (unpaired) electrons. The third-order valence-corrected chi connectivity index (χ3v) is 11.6. The Balaban J connectivity index is 1.09. The van der Waals surface area contributed by atoms with Gasteiger partial charge in [0.1, 0.15) is 22.5 Å². The van der Waals surface area contributed by atoms with Crippen LogP contribution < -0.4 is 10.4 Å². The fourth-order valence-corrected chi connectivity index (χ4v) is 8.97. The first kappa shape index (κ1) is 33.0. The molecule has 0 unspecified atom stereocenters. The first-order valence-electron chi connectivity index (χ1n) is 19.4. The second kappa shape index (κ2) is 13.1. The molecule has 2 heterocycles. The van der Waals surface area contributed by atoms with Crippen molar-refractivity contribution in [1.82, 2.24) is 0 Å². The molecule has 0 atom stereocenters. The van der Waals surface area contributed by atoms with Crippen LogP contribution in [0.2, 0.25) is 0 Å². The molecule has 0 saturated carbocycles. The minimum atomic E-state index is 0.858. The number of benzene rings is 9. The predicted molar refractivity (Wildman–Crippen MR) is 240 cm³/mol. The zero-order valence-electron chi connectivity index (χ0n) is 31.4. The highest BCUT2D eigenvalue weighted by atomic mass is 16.3. The van der Waals surface area contributed by atoms with Gasteiger partial charge >= 0.3 is 0 Å². The largest absolute Gasteiger partial charge is 0.456 e. The number of fused-ring (bicyclic) bond motifs is 6. The lowest BCUT2D eigenvalue weighted by atomic mass is 9.84. The van der Waals surface area contributed by atoms with Crippen molar-refractivity contribution in [2.45, 2.75) is 6.92 Å². The second-order valence-electron chi connectivity index (χ2n) is 14.9. The minimum Gasteiger partial charge on any atom is -0.456 e. The number of hydrogen-bond acceptors (Lipinski definition) is 2. The Kier molecular flexibility index (Phi) is 7.58. The fraction of sp³-hybridized carbons (Fsp3) is 0.0182. The Bertz CT molecular complexity index is 3450. The smallest absolute Gasteiger partial charge is 0.136 e. The summed E-state index contributed by atoms with van der Waals surface area (Å²) >= 11 is 0. The standard InChI is InChI=1S/C55H36O2/c1-34-15-3-4-16-36(34)33-51-35(2)52-41(26-13-29-49(52)57-51)37-17-11-19-39(31-37)53-43-21-5-7-23-45(43)54(46-24-8-6-22-44(46)53)40-20-12-18-38(32-40)42-27-14-30-50-55(42)47-25-9-10-28-48(47)56-50/h3-33H,1H2,2H3/b36-33-. The van der Waals surface area contributed by atoms with Gasteiger partial charge in [0.25, 0.3) is 0 Å². The van der Waals surface area contributed by atoms with Crippen molar-refractivity contribution >= 4 is 67.1 Å². The molecule has 11 aromatic rings. The molecule has 0 amide bonds. The molecular formula is C55H36O2. The lowest BCUT2D eigenvalue weighted by molar-refractivity contribution is 0.601. The highest BCUT2D eigenvalue weighted by molar-refractivity contribution is 6.22. The average molecular weight is 729 g/mol. The van der Waals surface area contributed by atoms with Gasteiger partial charge in [-0.1, -0.05) is 158 Å². The van der Waals surface area contributed by atoms with Gasteiger partial charge in [0.15, 0.2) is 0 Å². The molecule has 268 valence electrons. The van der Waals surface area contributed by atoms with Crippen LogP contribution in [0, 0.1) is 6.92 Å². The fourth-order valence-electron chi connectivity index (χ4n) is 8.97. The first-order valence-corrected chi connectivity index (χ1v) is 19.4. The van der Waals surface area contributed by atoms with Crippen LogP contribution in [0.5, 0.6) is 0 Å². The summed E-state index contributed by atoms with van der Waals surface area (Å²) in [4.78, 5) is 0. The van der Waals surface area contributed by atoms with E-state index in [2.05, 4.69) is 171 Å². The molecule has 57 heavy (non-hydrogen) atoms. The summed E-state index contributed by atoms with van der Waals surface area (Å²) in [6.45, 7) is 6.38. The minimum absolute atomic E-state index is 0.858. The van der Waals surface area contributed by atoms with Gasteiger partial charge in [0.2, 0.25) is 0 Å². The highest BCUT2D eigenvalue weighted by Gasteiger charge is 2.20. The molecule has 0 fully saturated rings. The SMILES string of the molecule is C=c1cccc/c1=C/c1oc2cccc(-c3cccc(-c4c5ccccc5c(-c5cccc(-c6cccc7oc8ccccc8c67)c5)c5ccccc45)c3)c2c1C. The van der Waals surface area contributed by atoms with E-state index in [1.807, 2.05) is 30.3 Å². The number of furan rings is 2. The Morgan fingerprint density at radius 2 is 0.860 bits per heavy atom. The maximum Gasteiger partial charge on any atom is 0.136 e. The topological polar surface area (TPSA) is 26.3 Å². The summed E-state index contributed by atoms with van der Waals surface area (Å²) in [6, 6.07) is 65.0. The monoisotopic (exact) mass is 728 g/mol. The zero-order chi connectivity index (χ0) is 38.0. The van der Waals surface area contributed by atoms with Gasteiger partial charge in [-0.3, -0.25) is 0 Å². The Morgan fingerprint density at radius 1 is 0.404 bits per heavy atom. The van der Waals surface area contributed by atoms with E-state index in [0.29, 0.717) is 0 Å². The van der Waals surface area contributed by atoms with Crippen LogP contribution in [-0.4, -0.2) is 0 Å². The zero-order valence-corrected chi connectivity index (χ0v) is 31.4. The van der Waals surface area contributed by atoms with Crippen molar-refractivity contribution < 1.29 is 8.83 Å². The van der Waals surface area contributed by atoms with Gasteiger partial charge in [-0.15, -0.1) is 0 Å². The molecular weight excluding hydrogens is 693 g/mol. The van der Waals surface area contributed by atoms with Crippen LogP contribution in [0.15, 0.2) is 191 Å². The van der Waals surface area contributed by atoms with Crippen molar-refractivity contribution in [1.29, 1.82) is 0 Å². The number of rotatable bonds is 5. The van der Waals surface area contributed by atoms with Crippen molar-refractivity contribution in [3.8, 4) is 44.5 Å². The molecule has 0 spiro atoms. The third-order valence-electron chi connectivity index (χ3n) is 11.6. The molecule has 11 rings (SSSR count). The first-order chi connectivity index (χ1) is 28.1. The molecule has 0 N–H and O–H groups in total. The van der Waals surface area contributed by atoms with E-state index in [-0.39, 0.29) is 0 Å². The van der Waals surface area contributed by atoms with Crippen molar-refractivity contribution in [3.63, 3.8) is 0 Å². The molecule has 2 nitrogen and oxygen atoms in total. The summed E-state index contributed by atoms with van der Waals surface area (Å²) in [5.41, 5.74) is 13.3. The van der Waals surface area contributed by atoms with Gasteiger partial charge in [0, 0.05) is 21.7 Å². The summed E-state index contributed by atoms with van der Waals surface area (Å²) in [6.07, 6.45) is 2.10. The van der Waals surface area contributed by atoms with E-state index in [1.165, 1.54) is 49.4 Å². The number of aryl methyl sites for hydroxylation is 1. The lowest BCUT2D eigenvalue weighted by Crippen LogP contribution is -2.21. The average Bonchev–Trinajstić information content (AvgIpc) is 3.80. The van der Waals surface area contributed by atoms with Crippen LogP contribution in [0.4, 0.5) is 0 Å². The molecule has 0 saturated heterocycles. The Hall–Kier alpha value is -7.42. The second-order valence-corrected chi connectivity index (χ2v) is 14.9. The van der Waals surface area contributed by atoms with Crippen LogP contribution >= 0.6 is 0 Å². The molecule has 9 aromatic carbocycles. The van der Waals surface area contributed by atoms with E-state index >= 15 is 0 Å². The Labute approximate surface area is 329 Å². The van der Waals surface area contributed by atoms with Gasteiger partial charge in [0.05, 0.1) is 0 Å². The van der Waals surface area contributed by atoms with Crippen LogP contribution in [0.3, 0.4) is 0 Å². The molecule has 0 aliphatic heterocycles. The predicted octanol–water partition coefficient (Wildman–Crippen LogP) is 13.9. The van der Waals surface area contributed by atoms with Crippen LogP contribution in [-0.2, 0) is 0 Å². The summed E-state index contributed by atoms with van der Waals surface area (Å²) in [5.74, 6) is 0.858. The summed E-state index contributed by atoms with van der Waals surface area (Å²) < 4.78 is 12.8. The van der Waals surface area contributed by atoms with E-state index in [9.17, 15) is 0 Å². The van der Waals surface area contributed by atoms with Crippen LogP contribution in [0.1, 0.15) is 11.3 Å². The van der Waals surface area contributed by atoms with E-state index in [0.717, 1.165) is 71.4 Å². The molecule has 2 heteroatoms. The van der Waals surface area contributed by atoms with E-state index in [4.69, 9.17) is 8.83 Å². The van der Waals surface area contributed by atoms with Crippen molar-refractivity contribution in [2.24, 2.45) is 0 Å². The van der Waals surface area contributed by atoms with Gasteiger partial charge in [-0.2, -0.15) is 0 Å². The molecule has 0 aliphatic rings. The van der Waals surface area contributed by atoms with E-state index < -0.39 is 0 Å². The van der Waals surface area contributed by atoms with E-state index in [1.54, 1.807) is 0 Å². The maximum atomic E-state index is 6.49. The third kappa shape index (κ3) is 5.33. The van der Waals surface area contributed by atoms with Gasteiger partial charge in [-0.05, 0) is 120 Å². The highest BCUT2D eigenvalue weighted by Crippen LogP contribution is 2.46. The number of para-hydroxylation sites is 1. The molecule has 2 aromatic heterocycles. The normalized spacial score (nSPS) is 12.1. The Morgan fingerprint density at radius 3 is 1.46 bits per heavy atom. The van der Waals surface area contributed by atoms with Crippen molar-refractivity contribution in [2.75, 3.05) is 0 Å². The van der Waals surface area contributed by atoms with Gasteiger partial charge in [-0.25, -0.2) is 0 Å². The van der Waals surface area contributed by atoms with Crippen LogP contribution in [0.25, 0.3) is 112 Å². The maximum absolute atomic E-state index is 6.49. The van der Waals surface area contributed by atoms with Gasteiger partial charge < -0.3 is 8.83 Å².